The van der Waals surface area contributed by atoms with Crippen LogP contribution in [0.2, 0.25) is 0 Å². The number of nitrogens with one attached hydrogen (secondary N) is 2. The highest BCUT2D eigenvalue weighted by atomic mass is 32.1. The first-order chi connectivity index (χ1) is 11.1. The van der Waals surface area contributed by atoms with E-state index in [4.69, 9.17) is 12.2 Å². The topological polar surface area (TPSA) is 37.0 Å². The number of halogens is 1. The number of nitrogens with zero attached hydrogens (tertiary/aromatic N) is 1. The van der Waals surface area contributed by atoms with Crippen LogP contribution in [0.15, 0.2) is 54.0 Å². The number of thiocarbonyl (C=S) groups is 1. The van der Waals surface area contributed by atoms with Crippen molar-refractivity contribution in [3.8, 4) is 10.6 Å². The van der Waals surface area contributed by atoms with Crippen LogP contribution < -0.4 is 10.6 Å². The van der Waals surface area contributed by atoms with Crippen LogP contribution in [-0.2, 0) is 0 Å². The molecule has 1 heterocycles. The molecule has 0 unspecified atom stereocenters. The first kappa shape index (κ1) is 15.6. The molecule has 0 fully saturated rings. The monoisotopic (exact) mass is 343 g/mol. The quantitative estimate of drug-likeness (QED) is 0.651. The summed E-state index contributed by atoms with van der Waals surface area (Å²) in [7, 11) is 0. The summed E-state index contributed by atoms with van der Waals surface area (Å²) in [6, 6.07) is 12.8. The second-order valence-electron chi connectivity index (χ2n) is 4.96. The van der Waals surface area contributed by atoms with Gasteiger partial charge in [0.05, 0.1) is 0 Å². The fraction of sp³-hybridized carbons (Fsp3) is 0.0588. The molecule has 0 radical (unpaired) electrons. The maximum Gasteiger partial charge on any atom is 0.175 e. The summed E-state index contributed by atoms with van der Waals surface area (Å²) >= 11 is 6.85. The Morgan fingerprint density at radius 2 is 1.78 bits per heavy atom. The summed E-state index contributed by atoms with van der Waals surface area (Å²) in [4.78, 5) is 4.27. The Balaban J connectivity index is 1.64. The minimum absolute atomic E-state index is 0.259. The molecule has 2 aromatic carbocycles. The van der Waals surface area contributed by atoms with E-state index >= 15 is 0 Å². The smallest absolute Gasteiger partial charge is 0.175 e. The van der Waals surface area contributed by atoms with Gasteiger partial charge in [-0.3, -0.25) is 0 Å². The molecule has 0 aliphatic carbocycles. The summed E-state index contributed by atoms with van der Waals surface area (Å²) in [5.74, 6) is -0.259. The second-order valence-corrected chi connectivity index (χ2v) is 6.26. The van der Waals surface area contributed by atoms with Crippen molar-refractivity contribution in [2.45, 2.75) is 6.92 Å². The number of rotatable bonds is 3. The van der Waals surface area contributed by atoms with Crippen LogP contribution in [0.3, 0.4) is 0 Å². The molecule has 3 nitrogen and oxygen atoms in total. The van der Waals surface area contributed by atoms with Gasteiger partial charge in [-0.05, 0) is 61.1 Å². The van der Waals surface area contributed by atoms with Gasteiger partial charge in [-0.2, -0.15) is 0 Å². The van der Waals surface area contributed by atoms with Gasteiger partial charge in [0.25, 0.3) is 0 Å². The molecule has 1 aromatic heterocycles. The van der Waals surface area contributed by atoms with Crippen LogP contribution in [-0.4, -0.2) is 10.1 Å². The van der Waals surface area contributed by atoms with Crippen molar-refractivity contribution in [2.75, 3.05) is 10.6 Å². The number of anilines is 2. The lowest BCUT2D eigenvalue weighted by atomic mass is 10.2. The van der Waals surface area contributed by atoms with Crippen molar-refractivity contribution in [3.05, 3.63) is 65.4 Å². The van der Waals surface area contributed by atoms with Gasteiger partial charge in [0.2, 0.25) is 0 Å². The molecule has 0 spiro atoms. The molecule has 3 aromatic rings. The van der Waals surface area contributed by atoms with Gasteiger partial charge in [-0.15, -0.1) is 11.3 Å². The zero-order chi connectivity index (χ0) is 16.2. The maximum atomic E-state index is 13.5. The first-order valence-electron chi connectivity index (χ1n) is 6.96. The van der Waals surface area contributed by atoms with Gasteiger partial charge < -0.3 is 10.6 Å². The van der Waals surface area contributed by atoms with Crippen molar-refractivity contribution in [3.63, 3.8) is 0 Å². The van der Waals surface area contributed by atoms with E-state index in [9.17, 15) is 4.39 Å². The predicted molar refractivity (Wildman–Crippen MR) is 98.5 cm³/mol. The molecule has 2 N–H and O–H groups in total. The van der Waals surface area contributed by atoms with Crippen molar-refractivity contribution in [1.82, 2.24) is 4.98 Å². The Hall–Kier alpha value is -2.31. The normalized spacial score (nSPS) is 10.3. The minimum atomic E-state index is -0.259. The van der Waals surface area contributed by atoms with Gasteiger partial charge in [0.1, 0.15) is 10.8 Å². The van der Waals surface area contributed by atoms with Crippen LogP contribution in [0.1, 0.15) is 5.56 Å². The fourth-order valence-electron chi connectivity index (χ4n) is 2.03. The Morgan fingerprint density at radius 1 is 1.09 bits per heavy atom. The zero-order valence-electron chi connectivity index (χ0n) is 12.3. The first-order valence-corrected chi connectivity index (χ1v) is 8.25. The molecule has 0 saturated heterocycles. The molecular formula is C17H14FN3S2. The van der Waals surface area contributed by atoms with Crippen LogP contribution in [0.4, 0.5) is 15.8 Å². The third kappa shape index (κ3) is 3.91. The van der Waals surface area contributed by atoms with Crippen LogP contribution in [0.25, 0.3) is 10.6 Å². The Bertz CT molecular complexity index is 814. The van der Waals surface area contributed by atoms with Gasteiger partial charge >= 0.3 is 0 Å². The van der Waals surface area contributed by atoms with E-state index in [2.05, 4.69) is 15.6 Å². The second kappa shape index (κ2) is 6.85. The summed E-state index contributed by atoms with van der Waals surface area (Å²) in [6.07, 6.45) is 1.78. The summed E-state index contributed by atoms with van der Waals surface area (Å²) in [5.41, 5.74) is 3.14. The molecule has 0 bridgehead atoms. The average Bonchev–Trinajstić information content (AvgIpc) is 3.06. The van der Waals surface area contributed by atoms with Crippen molar-refractivity contribution in [2.24, 2.45) is 0 Å². The summed E-state index contributed by atoms with van der Waals surface area (Å²) < 4.78 is 13.5. The molecule has 23 heavy (non-hydrogen) atoms. The number of hydrogen-bond donors (Lipinski definition) is 2. The average molecular weight is 343 g/mol. The maximum absolute atomic E-state index is 13.5. The van der Waals surface area contributed by atoms with Gasteiger partial charge in [0.15, 0.2) is 5.11 Å². The molecule has 6 heteroatoms. The number of benzene rings is 2. The van der Waals surface area contributed by atoms with Crippen molar-refractivity contribution >= 4 is 40.0 Å². The third-order valence-corrected chi connectivity index (χ3v) is 4.28. The van der Waals surface area contributed by atoms with Gasteiger partial charge in [0, 0.05) is 28.5 Å². The van der Waals surface area contributed by atoms with E-state index in [1.54, 1.807) is 36.6 Å². The Morgan fingerprint density at radius 3 is 2.43 bits per heavy atom. The van der Waals surface area contributed by atoms with Gasteiger partial charge in [-0.1, -0.05) is 6.07 Å². The SMILES string of the molecule is Cc1ccc(NC(=S)Nc2ccc(-c3nccs3)cc2)cc1F. The van der Waals surface area contributed by atoms with E-state index in [0.717, 1.165) is 16.3 Å². The van der Waals surface area contributed by atoms with Crippen molar-refractivity contribution < 1.29 is 4.39 Å². The summed E-state index contributed by atoms with van der Waals surface area (Å²) in [5, 5.41) is 9.39. The highest BCUT2D eigenvalue weighted by molar-refractivity contribution is 7.80. The fourth-order valence-corrected chi connectivity index (χ4v) is 2.91. The molecule has 3 rings (SSSR count). The Labute approximate surface area is 143 Å². The van der Waals surface area contributed by atoms with Gasteiger partial charge in [-0.25, -0.2) is 9.37 Å². The van der Waals surface area contributed by atoms with E-state index in [1.165, 1.54) is 6.07 Å². The number of thiazole rings is 1. The molecule has 116 valence electrons. The third-order valence-electron chi connectivity index (χ3n) is 3.25. The number of hydrogen-bond acceptors (Lipinski definition) is 3. The molecule has 0 atom stereocenters. The predicted octanol–water partition coefficient (Wildman–Crippen LogP) is 5.07. The molecule has 0 saturated carbocycles. The van der Waals surface area contributed by atoms with E-state index in [0.29, 0.717) is 16.4 Å². The van der Waals surface area contributed by atoms with Crippen LogP contribution in [0.5, 0.6) is 0 Å². The van der Waals surface area contributed by atoms with E-state index in [-0.39, 0.29) is 5.82 Å². The van der Waals surface area contributed by atoms with E-state index < -0.39 is 0 Å². The highest BCUT2D eigenvalue weighted by Crippen LogP contribution is 2.23. The Kier molecular flexibility index (Phi) is 4.64. The van der Waals surface area contributed by atoms with Crippen molar-refractivity contribution in [1.29, 1.82) is 0 Å². The number of aromatic nitrogens is 1. The lowest BCUT2D eigenvalue weighted by Gasteiger charge is -2.11. The molecule has 0 aliphatic heterocycles. The molecule has 0 amide bonds. The highest BCUT2D eigenvalue weighted by Gasteiger charge is 2.04. The lowest BCUT2D eigenvalue weighted by Crippen LogP contribution is -2.19. The standard InChI is InChI=1S/C17H14FN3S2/c1-11-2-5-14(10-15(11)18)21-17(22)20-13-6-3-12(4-7-13)16-19-8-9-23-16/h2-10H,1H3,(H2,20,21,22). The minimum Gasteiger partial charge on any atom is -0.332 e. The molecule has 0 aliphatic rings. The van der Waals surface area contributed by atoms with Crippen LogP contribution >= 0.6 is 23.6 Å². The van der Waals surface area contributed by atoms with Crippen LogP contribution in [0, 0.1) is 12.7 Å². The molecular weight excluding hydrogens is 329 g/mol. The van der Waals surface area contributed by atoms with E-state index in [1.807, 2.05) is 29.6 Å². The summed E-state index contributed by atoms with van der Waals surface area (Å²) in [6.45, 7) is 1.72. The number of aryl methyl sites for hydroxylation is 1. The lowest BCUT2D eigenvalue weighted by molar-refractivity contribution is 0.619. The largest absolute Gasteiger partial charge is 0.332 e. The zero-order valence-corrected chi connectivity index (χ0v) is 14.0.